The summed E-state index contributed by atoms with van der Waals surface area (Å²) in [5.74, 6) is -1.11. The van der Waals surface area contributed by atoms with Crippen molar-refractivity contribution in [2.24, 2.45) is 4.99 Å². The van der Waals surface area contributed by atoms with Crippen LogP contribution in [0.3, 0.4) is 0 Å². The molecule has 0 saturated carbocycles. The summed E-state index contributed by atoms with van der Waals surface area (Å²) in [6.45, 7) is 11.7. The second-order valence-electron chi connectivity index (χ2n) is 8.58. The minimum absolute atomic E-state index is 0.0439. The van der Waals surface area contributed by atoms with Crippen molar-refractivity contribution >= 4 is 31.8 Å². The summed E-state index contributed by atoms with van der Waals surface area (Å²) in [5, 5.41) is 9.48. The number of rotatable bonds is 10. The monoisotopic (exact) mass is 467 g/mol. The zero-order valence-corrected chi connectivity index (χ0v) is 19.7. The van der Waals surface area contributed by atoms with Crippen LogP contribution in [-0.2, 0) is 28.9 Å². The van der Waals surface area contributed by atoms with Gasteiger partial charge >= 0.3 is 12.1 Å². The van der Waals surface area contributed by atoms with E-state index in [4.69, 9.17) is 9.84 Å². The lowest BCUT2D eigenvalue weighted by Gasteiger charge is -2.17. The van der Waals surface area contributed by atoms with Crippen LogP contribution in [0.25, 0.3) is 11.0 Å². The second-order valence-corrected chi connectivity index (χ2v) is 14.2. The van der Waals surface area contributed by atoms with Crippen LogP contribution < -0.4 is 0 Å². The van der Waals surface area contributed by atoms with Gasteiger partial charge in [-0.3, -0.25) is 9.56 Å². The van der Waals surface area contributed by atoms with Crippen LogP contribution in [0.1, 0.15) is 18.2 Å². The molecule has 0 spiro atoms. The molecule has 0 amide bonds. The Morgan fingerprint density at radius 1 is 1.34 bits per heavy atom. The fourth-order valence-electron chi connectivity index (χ4n) is 3.00. The van der Waals surface area contributed by atoms with Crippen LogP contribution in [-0.4, -0.2) is 42.0 Å². The minimum atomic E-state index is -4.56. The first-order valence-corrected chi connectivity index (χ1v) is 13.8. The van der Waals surface area contributed by atoms with Crippen molar-refractivity contribution in [1.82, 2.24) is 9.55 Å². The van der Waals surface area contributed by atoms with Gasteiger partial charge in [0.15, 0.2) is 0 Å². The highest BCUT2D eigenvalue weighted by atomic mass is 28.3. The van der Waals surface area contributed by atoms with Crippen LogP contribution in [0.15, 0.2) is 46.7 Å². The number of carboxylic acids is 1. The van der Waals surface area contributed by atoms with E-state index in [9.17, 15) is 18.0 Å². The highest BCUT2D eigenvalue weighted by Gasteiger charge is 2.35. The Kier molecular flexibility index (Phi) is 8.19. The predicted octanol–water partition coefficient (Wildman–Crippen LogP) is 5.53. The molecule has 0 atom stereocenters. The van der Waals surface area contributed by atoms with Crippen LogP contribution in [0.2, 0.25) is 25.7 Å². The van der Waals surface area contributed by atoms with E-state index in [1.165, 1.54) is 18.3 Å². The molecule has 6 nitrogen and oxygen atoms in total. The Hall–Kier alpha value is -2.72. The van der Waals surface area contributed by atoms with Crippen molar-refractivity contribution in [3.63, 3.8) is 0 Å². The first-order valence-electron chi connectivity index (χ1n) is 10.1. The van der Waals surface area contributed by atoms with Crippen LogP contribution in [0, 0.1) is 0 Å². The third-order valence-electron chi connectivity index (χ3n) is 4.77. The first-order chi connectivity index (χ1) is 14.9. The summed E-state index contributed by atoms with van der Waals surface area (Å²) >= 11 is 0. The van der Waals surface area contributed by atoms with E-state index in [1.807, 2.05) is 0 Å². The molecule has 2 heterocycles. The lowest BCUT2D eigenvalue weighted by Crippen LogP contribution is -2.22. The topological polar surface area (TPSA) is 76.7 Å². The molecular weight excluding hydrogens is 439 g/mol. The van der Waals surface area contributed by atoms with E-state index in [0.717, 1.165) is 16.7 Å². The average molecular weight is 468 g/mol. The summed E-state index contributed by atoms with van der Waals surface area (Å²) in [7, 11) is -1.36. The Labute approximate surface area is 186 Å². The zero-order valence-electron chi connectivity index (χ0n) is 18.7. The quantitative estimate of drug-likeness (QED) is 0.164. The largest absolute Gasteiger partial charge is 0.478 e. The molecule has 0 aliphatic heterocycles. The number of aliphatic carboxylic acids is 1. The number of carbonyl (C=O) groups is 1. The average Bonchev–Trinajstić information content (AvgIpc) is 3.05. The van der Waals surface area contributed by atoms with Crippen molar-refractivity contribution in [2.75, 3.05) is 6.61 Å². The Morgan fingerprint density at radius 3 is 2.56 bits per heavy atom. The molecule has 10 heteroatoms. The highest BCUT2D eigenvalue weighted by Crippen LogP contribution is 2.34. The van der Waals surface area contributed by atoms with Gasteiger partial charge in [0.05, 0.1) is 5.57 Å². The van der Waals surface area contributed by atoms with E-state index < -0.39 is 25.9 Å². The summed E-state index contributed by atoms with van der Waals surface area (Å²) in [5.41, 5.74) is 0.340. The van der Waals surface area contributed by atoms with Crippen molar-refractivity contribution < 1.29 is 27.8 Å². The molecule has 0 saturated heterocycles. The van der Waals surface area contributed by atoms with Gasteiger partial charge < -0.3 is 9.84 Å². The zero-order chi connectivity index (χ0) is 24.1. The Bertz CT molecular complexity index is 1050. The molecule has 0 aliphatic carbocycles. The maximum absolute atomic E-state index is 13.6. The molecule has 0 unspecified atom stereocenters. The lowest BCUT2D eigenvalue weighted by molar-refractivity contribution is -0.145. The number of aromatic nitrogens is 2. The lowest BCUT2D eigenvalue weighted by atomic mass is 10.1. The summed E-state index contributed by atoms with van der Waals surface area (Å²) in [6, 6.07) is 3.48. The normalized spacial score (nSPS) is 13.6. The molecular formula is C22H28F3N3O3Si. The van der Waals surface area contributed by atoms with E-state index in [1.54, 1.807) is 13.0 Å². The number of aliphatic imine (C=N–C) groups is 1. The van der Waals surface area contributed by atoms with Crippen LogP contribution in [0.4, 0.5) is 13.2 Å². The molecule has 1 N–H and O–H groups in total. The molecule has 2 aromatic rings. The fourth-order valence-corrected chi connectivity index (χ4v) is 3.75. The van der Waals surface area contributed by atoms with Gasteiger partial charge in [-0.2, -0.15) is 13.2 Å². The summed E-state index contributed by atoms with van der Waals surface area (Å²) in [6.07, 6.45) is -0.128. The molecule has 2 aromatic heterocycles. The van der Waals surface area contributed by atoms with Crippen LogP contribution >= 0.6 is 0 Å². The molecule has 2 rings (SSSR count). The van der Waals surface area contributed by atoms with Gasteiger partial charge in [-0.25, -0.2) is 9.78 Å². The number of fused-ring (bicyclic) bond motifs is 1. The number of nitrogens with zero attached hydrogens (tertiary/aromatic N) is 3. The maximum Gasteiger partial charge on any atom is 0.431 e. The third-order valence-corrected chi connectivity index (χ3v) is 6.47. The number of alkyl halides is 3. The van der Waals surface area contributed by atoms with Gasteiger partial charge in [0.2, 0.25) is 0 Å². The van der Waals surface area contributed by atoms with E-state index in [0.29, 0.717) is 23.3 Å². The van der Waals surface area contributed by atoms with E-state index in [-0.39, 0.29) is 24.4 Å². The number of carboxylic acid groups (broad SMARTS) is 1. The third kappa shape index (κ3) is 6.89. The van der Waals surface area contributed by atoms with Gasteiger partial charge in [0, 0.05) is 38.4 Å². The number of hydrogen-bond acceptors (Lipinski definition) is 4. The molecule has 0 aliphatic rings. The van der Waals surface area contributed by atoms with Gasteiger partial charge in [-0.05, 0) is 43.5 Å². The Morgan fingerprint density at radius 2 is 2.03 bits per heavy atom. The molecule has 0 aromatic carbocycles. The number of pyridine rings is 1. The summed E-state index contributed by atoms with van der Waals surface area (Å²) in [4.78, 5) is 19.3. The molecule has 174 valence electrons. The van der Waals surface area contributed by atoms with Gasteiger partial charge in [-0.15, -0.1) is 0 Å². The number of halogens is 3. The minimum Gasteiger partial charge on any atom is -0.478 e. The number of allylic oxidation sites excluding steroid dienone is 2. The van der Waals surface area contributed by atoms with Crippen molar-refractivity contribution in [3.05, 3.63) is 53.0 Å². The van der Waals surface area contributed by atoms with Gasteiger partial charge in [-0.1, -0.05) is 25.7 Å². The van der Waals surface area contributed by atoms with Crippen molar-refractivity contribution in [1.29, 1.82) is 0 Å². The second kappa shape index (κ2) is 10.3. The van der Waals surface area contributed by atoms with E-state index in [2.05, 4.69) is 36.3 Å². The fraction of sp³-hybridized carbons (Fsp3) is 0.409. The molecule has 0 fully saturated rings. The van der Waals surface area contributed by atoms with Crippen molar-refractivity contribution in [2.45, 2.75) is 51.9 Å². The standard InChI is InChI=1S/C22H28F3N3O3Si/c1-6-16(21(29)30)11-18(26-2)10-15-9-17-12-19(22(23,24)25)28(20(17)27-13-15)14-31-7-8-32(3,4)5/h6,9,11-13H,2,7-8,10,14H2,1,3-5H3,(H,29,30)/b16-6+,18-11-. The number of hydrogen-bond donors (Lipinski definition) is 1. The maximum atomic E-state index is 13.6. The molecule has 0 bridgehead atoms. The van der Waals surface area contributed by atoms with Crippen molar-refractivity contribution in [3.8, 4) is 0 Å². The number of ether oxygens (including phenoxy) is 1. The SMILES string of the molecule is C=N/C(=C\C(=C/C)C(=O)O)Cc1cnc2c(c1)cc(C(F)(F)F)n2COCC[Si](C)(C)C. The van der Waals surface area contributed by atoms with Gasteiger partial charge in [0.1, 0.15) is 18.1 Å². The van der Waals surface area contributed by atoms with Crippen LogP contribution in [0.5, 0.6) is 0 Å². The predicted molar refractivity (Wildman–Crippen MR) is 122 cm³/mol. The first kappa shape index (κ1) is 25.5. The Balaban J connectivity index is 2.35. The molecule has 0 radical (unpaired) electrons. The summed E-state index contributed by atoms with van der Waals surface area (Å²) < 4.78 is 47.4. The van der Waals surface area contributed by atoms with E-state index >= 15 is 0 Å². The highest BCUT2D eigenvalue weighted by molar-refractivity contribution is 6.76. The molecule has 32 heavy (non-hydrogen) atoms. The smallest absolute Gasteiger partial charge is 0.431 e. The van der Waals surface area contributed by atoms with Gasteiger partial charge in [0.25, 0.3) is 0 Å².